The minimum Gasteiger partial charge on any atom is -0.471 e. The number of carbonyl (C=O) groups is 3. The molecule has 0 unspecified atom stereocenters. The molecule has 8 nitrogen and oxygen atoms in total. The van der Waals surface area contributed by atoms with Crippen LogP contribution in [-0.4, -0.2) is 59.6 Å². The fraction of sp³-hybridized carbons (Fsp3) is 0.600. The van der Waals surface area contributed by atoms with Crippen LogP contribution in [0.3, 0.4) is 0 Å². The fourth-order valence-corrected chi connectivity index (χ4v) is 7.42. The second-order valence-corrected chi connectivity index (χ2v) is 13.1. The monoisotopic (exact) mass is 586 g/mol. The number of aryl methyl sites for hydroxylation is 1. The molecular weight excluding hydrogens is 544 g/mol. The lowest BCUT2D eigenvalue weighted by Gasteiger charge is -2.41. The topological polar surface area (TPSA) is 95.0 Å². The SMILES string of the molecule is COC(=O)[C@@H]1C[C@@H]2CN1C(=O)[C@H](C1(C)CCCCC1)CC(=O)O[C@@H]1C[C@H]1CCCC#Cc1c(nc3ccccc3c1C)O2. The number of rotatable bonds is 2. The molecule has 1 aromatic carbocycles. The fourth-order valence-electron chi connectivity index (χ4n) is 7.42. The first-order valence-corrected chi connectivity index (χ1v) is 15.9. The molecule has 2 aliphatic carbocycles. The molecule has 6 rings (SSSR count). The Labute approximate surface area is 253 Å². The number of amides is 1. The standard InChI is InChI=1S/C35H42N2O6/c1-22-25-13-8-9-15-28(25)36-32-26(22)14-7-4-6-12-23-18-30(23)43-31(38)20-27(35(2)16-10-5-11-17-35)33(39)37-21-24(42-32)19-29(37)34(40)41-3/h8-9,13,15,23-24,27,29-30H,4-6,10-12,16-21H2,1-3H3/t23-,24-,27-,29+,30-/m1/s1. The average Bonchev–Trinajstić information content (AvgIpc) is 3.59. The molecule has 1 aromatic heterocycles. The Morgan fingerprint density at radius 3 is 2.67 bits per heavy atom. The predicted octanol–water partition coefficient (Wildman–Crippen LogP) is 5.51. The highest BCUT2D eigenvalue weighted by Crippen LogP contribution is 2.46. The molecule has 2 bridgehead atoms. The highest BCUT2D eigenvalue weighted by molar-refractivity contribution is 5.89. The third kappa shape index (κ3) is 6.09. The second-order valence-electron chi connectivity index (χ2n) is 13.1. The highest BCUT2D eigenvalue weighted by Gasteiger charge is 2.50. The van der Waals surface area contributed by atoms with E-state index in [1.54, 1.807) is 4.90 Å². The van der Waals surface area contributed by atoms with Gasteiger partial charge in [-0.25, -0.2) is 9.78 Å². The molecule has 228 valence electrons. The minimum atomic E-state index is -0.806. The van der Waals surface area contributed by atoms with Gasteiger partial charge in [0.2, 0.25) is 11.8 Å². The van der Waals surface area contributed by atoms with Crippen molar-refractivity contribution in [3.8, 4) is 17.7 Å². The Morgan fingerprint density at radius 2 is 1.88 bits per heavy atom. The van der Waals surface area contributed by atoms with Crippen LogP contribution in [0.15, 0.2) is 24.3 Å². The number of pyridine rings is 1. The summed E-state index contributed by atoms with van der Waals surface area (Å²) >= 11 is 0. The Hall–Kier alpha value is -3.60. The first-order valence-electron chi connectivity index (χ1n) is 15.9. The summed E-state index contributed by atoms with van der Waals surface area (Å²) in [6, 6.07) is 7.11. The number of methoxy groups -OCH3 is 1. The van der Waals surface area contributed by atoms with Gasteiger partial charge in [0.1, 0.15) is 18.2 Å². The van der Waals surface area contributed by atoms with Crippen LogP contribution < -0.4 is 4.74 Å². The predicted molar refractivity (Wildman–Crippen MR) is 161 cm³/mol. The number of nitrogens with zero attached hydrogens (tertiary/aromatic N) is 2. The van der Waals surface area contributed by atoms with E-state index in [-0.39, 0.29) is 42.8 Å². The summed E-state index contributed by atoms with van der Waals surface area (Å²) < 4.78 is 17.6. The van der Waals surface area contributed by atoms with E-state index in [9.17, 15) is 14.4 Å². The molecule has 1 saturated heterocycles. The normalized spacial score (nSPS) is 29.1. The highest BCUT2D eigenvalue weighted by atomic mass is 16.5. The van der Waals surface area contributed by atoms with Gasteiger partial charge in [-0.3, -0.25) is 9.59 Å². The van der Waals surface area contributed by atoms with Gasteiger partial charge < -0.3 is 19.1 Å². The van der Waals surface area contributed by atoms with Crippen LogP contribution >= 0.6 is 0 Å². The number of para-hydroxylation sites is 1. The van der Waals surface area contributed by atoms with Gasteiger partial charge in [-0.05, 0) is 62.0 Å². The summed E-state index contributed by atoms with van der Waals surface area (Å²) in [7, 11) is 1.34. The van der Waals surface area contributed by atoms with Gasteiger partial charge in [-0.1, -0.05) is 56.2 Å². The number of fused-ring (bicyclic) bond motifs is 5. The maximum Gasteiger partial charge on any atom is 0.328 e. The van der Waals surface area contributed by atoms with Crippen molar-refractivity contribution in [1.29, 1.82) is 0 Å². The van der Waals surface area contributed by atoms with E-state index in [0.717, 1.165) is 79.8 Å². The number of benzene rings is 1. The molecule has 2 aliphatic heterocycles. The van der Waals surface area contributed by atoms with E-state index >= 15 is 0 Å². The van der Waals surface area contributed by atoms with Gasteiger partial charge in [0.15, 0.2) is 0 Å². The first-order chi connectivity index (χ1) is 20.8. The summed E-state index contributed by atoms with van der Waals surface area (Å²) in [5, 5.41) is 1.02. The van der Waals surface area contributed by atoms with E-state index in [4.69, 9.17) is 19.2 Å². The molecule has 3 fully saturated rings. The van der Waals surface area contributed by atoms with Crippen molar-refractivity contribution in [3.63, 3.8) is 0 Å². The van der Waals surface area contributed by atoms with Gasteiger partial charge >= 0.3 is 11.9 Å². The molecule has 5 atom stereocenters. The molecule has 1 amide bonds. The summed E-state index contributed by atoms with van der Waals surface area (Å²) in [5.41, 5.74) is 2.20. The van der Waals surface area contributed by atoms with Crippen LogP contribution in [0.1, 0.15) is 88.7 Å². The quantitative estimate of drug-likeness (QED) is 0.338. The number of aromatic nitrogens is 1. The number of hydrogen-bond acceptors (Lipinski definition) is 7. The number of hydrogen-bond donors (Lipinski definition) is 0. The summed E-state index contributed by atoms with van der Waals surface area (Å²) in [4.78, 5) is 47.2. The Balaban J connectivity index is 1.38. The number of carbonyl (C=O) groups excluding carboxylic acids is 3. The van der Waals surface area contributed by atoms with E-state index < -0.39 is 24.0 Å². The molecule has 2 saturated carbocycles. The third-order valence-corrected chi connectivity index (χ3v) is 10.2. The van der Waals surface area contributed by atoms with Gasteiger partial charge in [-0.15, -0.1) is 0 Å². The molecule has 4 aliphatic rings. The molecule has 0 N–H and O–H groups in total. The summed E-state index contributed by atoms with van der Waals surface area (Å²) in [6.07, 6.45) is 8.05. The zero-order chi connectivity index (χ0) is 30.1. The minimum absolute atomic E-state index is 0.0233. The van der Waals surface area contributed by atoms with Gasteiger partial charge in [0, 0.05) is 18.2 Å². The number of esters is 2. The first kappa shape index (κ1) is 29.5. The summed E-state index contributed by atoms with van der Waals surface area (Å²) in [5.74, 6) is 5.84. The van der Waals surface area contributed by atoms with Gasteiger partial charge in [0.25, 0.3) is 0 Å². The third-order valence-electron chi connectivity index (χ3n) is 10.2. The lowest BCUT2D eigenvalue weighted by molar-refractivity contribution is -0.158. The van der Waals surface area contributed by atoms with Gasteiger partial charge in [-0.2, -0.15) is 0 Å². The van der Waals surface area contributed by atoms with Gasteiger partial charge in [0.05, 0.1) is 37.1 Å². The average molecular weight is 587 g/mol. The van der Waals surface area contributed by atoms with Crippen LogP contribution in [0.25, 0.3) is 10.9 Å². The van der Waals surface area contributed by atoms with Crippen LogP contribution in [0, 0.1) is 36.0 Å². The van der Waals surface area contributed by atoms with Crippen molar-refractivity contribution >= 4 is 28.7 Å². The van der Waals surface area contributed by atoms with Crippen molar-refractivity contribution in [1.82, 2.24) is 9.88 Å². The smallest absolute Gasteiger partial charge is 0.328 e. The summed E-state index contributed by atoms with van der Waals surface area (Å²) in [6.45, 7) is 4.36. The van der Waals surface area contributed by atoms with Crippen molar-refractivity contribution in [2.45, 2.75) is 103 Å². The lowest BCUT2D eigenvalue weighted by Crippen LogP contribution is -2.49. The van der Waals surface area contributed by atoms with E-state index in [2.05, 4.69) is 18.8 Å². The molecule has 0 radical (unpaired) electrons. The molecular formula is C35H42N2O6. The van der Waals surface area contributed by atoms with Crippen LogP contribution in [-0.2, 0) is 23.9 Å². The second kappa shape index (κ2) is 12.2. The van der Waals surface area contributed by atoms with Crippen molar-refractivity contribution in [2.24, 2.45) is 17.3 Å². The van der Waals surface area contributed by atoms with Crippen LogP contribution in [0.5, 0.6) is 5.88 Å². The number of ether oxygens (including phenoxy) is 3. The molecule has 3 heterocycles. The maximum absolute atomic E-state index is 14.5. The zero-order valence-corrected chi connectivity index (χ0v) is 25.5. The van der Waals surface area contributed by atoms with E-state index in [1.807, 2.05) is 31.2 Å². The Kier molecular flexibility index (Phi) is 8.35. The zero-order valence-electron chi connectivity index (χ0n) is 25.5. The van der Waals surface area contributed by atoms with Crippen LogP contribution in [0.4, 0.5) is 0 Å². The molecule has 8 heteroatoms. The largest absolute Gasteiger partial charge is 0.471 e. The van der Waals surface area contributed by atoms with E-state index in [0.29, 0.717) is 11.8 Å². The van der Waals surface area contributed by atoms with Crippen LogP contribution in [0.2, 0.25) is 0 Å². The van der Waals surface area contributed by atoms with Crippen molar-refractivity contribution < 1.29 is 28.6 Å². The van der Waals surface area contributed by atoms with Crippen molar-refractivity contribution in [2.75, 3.05) is 13.7 Å². The Morgan fingerprint density at radius 1 is 1.09 bits per heavy atom. The molecule has 2 aromatic rings. The maximum atomic E-state index is 14.5. The van der Waals surface area contributed by atoms with E-state index in [1.165, 1.54) is 7.11 Å². The van der Waals surface area contributed by atoms with Crippen molar-refractivity contribution in [3.05, 3.63) is 35.4 Å². The molecule has 43 heavy (non-hydrogen) atoms. The Bertz CT molecular complexity index is 1470. The lowest BCUT2D eigenvalue weighted by atomic mass is 9.65. The molecule has 0 spiro atoms.